The Morgan fingerprint density at radius 2 is 2.25 bits per heavy atom. The average Bonchev–Trinajstić information content (AvgIpc) is 2.86. The van der Waals surface area contributed by atoms with E-state index >= 15 is 0 Å². The summed E-state index contributed by atoms with van der Waals surface area (Å²) in [6.07, 6.45) is 2.49. The van der Waals surface area contributed by atoms with E-state index in [2.05, 4.69) is 47.4 Å². The molecule has 3 heterocycles. The number of hydrogen-bond donors (Lipinski definition) is 1. The molecule has 4 nitrogen and oxygen atoms in total. The average molecular weight is 290 g/mol. The minimum absolute atomic E-state index is 0.547. The van der Waals surface area contributed by atoms with Crippen molar-refractivity contribution in [1.29, 1.82) is 0 Å². The molecule has 20 heavy (non-hydrogen) atoms. The number of thiophene rings is 1. The molecule has 0 radical (unpaired) electrons. The summed E-state index contributed by atoms with van der Waals surface area (Å²) in [7, 11) is 0. The third-order valence-corrected chi connectivity index (χ3v) is 4.86. The van der Waals surface area contributed by atoms with E-state index in [1.165, 1.54) is 18.2 Å². The van der Waals surface area contributed by atoms with Crippen LogP contribution in [-0.4, -0.2) is 29.1 Å². The second-order valence-corrected chi connectivity index (χ2v) is 6.61. The van der Waals surface area contributed by atoms with Crippen LogP contribution in [0, 0.1) is 5.92 Å². The molecule has 2 atom stereocenters. The van der Waals surface area contributed by atoms with Crippen LogP contribution in [0.25, 0.3) is 10.2 Å². The van der Waals surface area contributed by atoms with Gasteiger partial charge >= 0.3 is 0 Å². The minimum Gasteiger partial charge on any atom is -0.354 e. The largest absolute Gasteiger partial charge is 0.354 e. The summed E-state index contributed by atoms with van der Waals surface area (Å²) in [5.74, 6) is 2.67. The fourth-order valence-electron chi connectivity index (χ4n) is 3.02. The van der Waals surface area contributed by atoms with E-state index in [-0.39, 0.29) is 0 Å². The Bertz CT molecular complexity index is 595. The molecule has 0 saturated carbocycles. The van der Waals surface area contributed by atoms with Crippen molar-refractivity contribution in [3.63, 3.8) is 0 Å². The number of piperidine rings is 1. The standard InChI is InChI=1S/C15H22N4S/c1-4-16-15-17-13(12-6-8-20-14(12)18-15)19-7-5-10(2)9-11(19)3/h6,8,10-11H,4-5,7,9H2,1-3H3,(H,16,17,18). The highest BCUT2D eigenvalue weighted by Crippen LogP contribution is 2.33. The maximum absolute atomic E-state index is 4.77. The predicted octanol–water partition coefficient (Wildman–Crippen LogP) is 3.75. The molecule has 1 fully saturated rings. The fourth-order valence-corrected chi connectivity index (χ4v) is 3.78. The Morgan fingerprint density at radius 3 is 3.00 bits per heavy atom. The molecule has 2 aromatic rings. The molecule has 1 aliphatic rings. The van der Waals surface area contributed by atoms with Crippen molar-refractivity contribution in [2.45, 2.75) is 39.7 Å². The van der Waals surface area contributed by atoms with Gasteiger partial charge in [-0.25, -0.2) is 4.98 Å². The molecule has 0 aromatic carbocycles. The van der Waals surface area contributed by atoms with E-state index < -0.39 is 0 Å². The minimum atomic E-state index is 0.547. The molecular weight excluding hydrogens is 268 g/mol. The Balaban J connectivity index is 2.02. The lowest BCUT2D eigenvalue weighted by Crippen LogP contribution is -2.40. The molecule has 0 aliphatic carbocycles. The van der Waals surface area contributed by atoms with E-state index in [4.69, 9.17) is 4.98 Å². The number of aromatic nitrogens is 2. The molecule has 1 saturated heterocycles. The lowest BCUT2D eigenvalue weighted by atomic mass is 9.93. The van der Waals surface area contributed by atoms with Gasteiger partial charge in [-0.1, -0.05) is 6.92 Å². The molecule has 2 unspecified atom stereocenters. The van der Waals surface area contributed by atoms with Gasteiger partial charge in [-0.05, 0) is 44.1 Å². The summed E-state index contributed by atoms with van der Waals surface area (Å²) in [4.78, 5) is 12.9. The zero-order valence-corrected chi connectivity index (χ0v) is 13.2. The topological polar surface area (TPSA) is 41.1 Å². The highest BCUT2D eigenvalue weighted by Gasteiger charge is 2.26. The summed E-state index contributed by atoms with van der Waals surface area (Å²) in [5.41, 5.74) is 0. The molecule has 0 amide bonds. The number of fused-ring (bicyclic) bond motifs is 1. The number of rotatable bonds is 3. The summed E-state index contributed by atoms with van der Waals surface area (Å²) >= 11 is 1.69. The maximum atomic E-state index is 4.77. The quantitative estimate of drug-likeness (QED) is 0.934. The van der Waals surface area contributed by atoms with Gasteiger partial charge in [0.25, 0.3) is 0 Å². The smallest absolute Gasteiger partial charge is 0.226 e. The van der Waals surface area contributed by atoms with Crippen molar-refractivity contribution in [2.75, 3.05) is 23.3 Å². The van der Waals surface area contributed by atoms with Gasteiger partial charge in [0.15, 0.2) is 0 Å². The first-order chi connectivity index (χ1) is 9.69. The van der Waals surface area contributed by atoms with Crippen LogP contribution < -0.4 is 10.2 Å². The van der Waals surface area contributed by atoms with Crippen molar-refractivity contribution >= 4 is 33.3 Å². The summed E-state index contributed by atoms with van der Waals surface area (Å²) < 4.78 is 0. The van der Waals surface area contributed by atoms with Crippen LogP contribution in [0.4, 0.5) is 11.8 Å². The number of nitrogens with zero attached hydrogens (tertiary/aromatic N) is 3. The lowest BCUT2D eigenvalue weighted by Gasteiger charge is -2.37. The van der Waals surface area contributed by atoms with Crippen molar-refractivity contribution in [3.8, 4) is 0 Å². The van der Waals surface area contributed by atoms with Crippen molar-refractivity contribution in [2.24, 2.45) is 5.92 Å². The highest BCUT2D eigenvalue weighted by molar-refractivity contribution is 7.16. The monoisotopic (exact) mass is 290 g/mol. The summed E-state index contributed by atoms with van der Waals surface area (Å²) in [6.45, 7) is 8.67. The lowest BCUT2D eigenvalue weighted by molar-refractivity contribution is 0.376. The van der Waals surface area contributed by atoms with Crippen molar-refractivity contribution in [1.82, 2.24) is 9.97 Å². The normalized spacial score (nSPS) is 23.2. The van der Waals surface area contributed by atoms with E-state index in [9.17, 15) is 0 Å². The molecule has 3 rings (SSSR count). The third kappa shape index (κ3) is 2.46. The van der Waals surface area contributed by atoms with Gasteiger partial charge in [-0.3, -0.25) is 0 Å². The van der Waals surface area contributed by atoms with Crippen LogP contribution in [0.2, 0.25) is 0 Å². The van der Waals surface area contributed by atoms with E-state index in [0.717, 1.165) is 35.6 Å². The van der Waals surface area contributed by atoms with Crippen molar-refractivity contribution in [3.05, 3.63) is 11.4 Å². The van der Waals surface area contributed by atoms with Gasteiger partial charge < -0.3 is 10.2 Å². The van der Waals surface area contributed by atoms with Gasteiger partial charge in [0.05, 0.1) is 5.39 Å². The summed E-state index contributed by atoms with van der Waals surface area (Å²) in [5, 5.41) is 6.55. The predicted molar refractivity (Wildman–Crippen MR) is 86.8 cm³/mol. The molecule has 2 aromatic heterocycles. The zero-order chi connectivity index (χ0) is 14.1. The van der Waals surface area contributed by atoms with Gasteiger partial charge in [0, 0.05) is 19.1 Å². The second-order valence-electron chi connectivity index (χ2n) is 5.71. The number of nitrogens with one attached hydrogen (secondary N) is 1. The van der Waals surface area contributed by atoms with E-state index in [1.807, 2.05) is 0 Å². The van der Waals surface area contributed by atoms with E-state index in [0.29, 0.717) is 6.04 Å². The highest BCUT2D eigenvalue weighted by atomic mass is 32.1. The first kappa shape index (κ1) is 13.6. The molecule has 0 spiro atoms. The van der Waals surface area contributed by atoms with Crippen LogP contribution in [0.15, 0.2) is 11.4 Å². The maximum Gasteiger partial charge on any atom is 0.226 e. The summed E-state index contributed by atoms with van der Waals surface area (Å²) in [6, 6.07) is 2.70. The molecule has 1 aliphatic heterocycles. The molecule has 5 heteroatoms. The first-order valence-electron chi connectivity index (χ1n) is 7.44. The number of anilines is 2. The number of hydrogen-bond acceptors (Lipinski definition) is 5. The van der Waals surface area contributed by atoms with Gasteiger partial charge in [0.1, 0.15) is 10.6 Å². The van der Waals surface area contributed by atoms with Crippen LogP contribution in [0.3, 0.4) is 0 Å². The van der Waals surface area contributed by atoms with Gasteiger partial charge in [0.2, 0.25) is 5.95 Å². The van der Waals surface area contributed by atoms with Crippen LogP contribution >= 0.6 is 11.3 Å². The molecular formula is C15H22N4S. The molecule has 108 valence electrons. The fraction of sp³-hybridized carbons (Fsp3) is 0.600. The van der Waals surface area contributed by atoms with Gasteiger partial charge in [-0.2, -0.15) is 4.98 Å². The Hall–Kier alpha value is -1.36. The first-order valence-corrected chi connectivity index (χ1v) is 8.32. The zero-order valence-electron chi connectivity index (χ0n) is 12.4. The molecule has 1 N–H and O–H groups in total. The van der Waals surface area contributed by atoms with E-state index in [1.54, 1.807) is 11.3 Å². The van der Waals surface area contributed by atoms with Crippen LogP contribution in [0.1, 0.15) is 33.6 Å². The Labute approximate surface area is 124 Å². The van der Waals surface area contributed by atoms with Gasteiger partial charge in [-0.15, -0.1) is 11.3 Å². The Kier molecular flexibility index (Phi) is 3.78. The Morgan fingerprint density at radius 1 is 1.40 bits per heavy atom. The SMILES string of the molecule is CCNc1nc(N2CCC(C)CC2C)c2ccsc2n1. The third-order valence-electron chi connectivity index (χ3n) is 4.05. The molecule has 0 bridgehead atoms. The van der Waals surface area contributed by atoms with Crippen LogP contribution in [-0.2, 0) is 0 Å². The van der Waals surface area contributed by atoms with Crippen LogP contribution in [0.5, 0.6) is 0 Å². The van der Waals surface area contributed by atoms with Crippen molar-refractivity contribution < 1.29 is 0 Å². The second kappa shape index (κ2) is 5.56.